The van der Waals surface area contributed by atoms with Crippen molar-refractivity contribution in [3.05, 3.63) is 52.6 Å². The highest BCUT2D eigenvalue weighted by atomic mass is 35.5. The lowest BCUT2D eigenvalue weighted by Gasteiger charge is -2.35. The molecule has 0 bridgehead atoms. The zero-order valence-electron chi connectivity index (χ0n) is 13.8. The Morgan fingerprint density at radius 3 is 2.56 bits per heavy atom. The molecular formula is C18H20Cl2N4O. The van der Waals surface area contributed by atoms with Crippen molar-refractivity contribution in [1.82, 2.24) is 9.88 Å². The van der Waals surface area contributed by atoms with Gasteiger partial charge in [0.25, 0.3) is 0 Å². The quantitative estimate of drug-likeness (QED) is 0.864. The number of halogens is 2. The van der Waals surface area contributed by atoms with Gasteiger partial charge in [-0.2, -0.15) is 0 Å². The van der Waals surface area contributed by atoms with Crippen molar-refractivity contribution < 1.29 is 4.79 Å². The maximum Gasteiger partial charge on any atom is 0.225 e. The number of hydrogen-bond donors (Lipinski definition) is 1. The lowest BCUT2D eigenvalue weighted by molar-refractivity contribution is -0.116. The number of nitrogens with zero attached hydrogens (tertiary/aromatic N) is 3. The van der Waals surface area contributed by atoms with Crippen LogP contribution < -0.4 is 10.2 Å². The maximum atomic E-state index is 12.1. The minimum Gasteiger partial charge on any atom is -0.354 e. The summed E-state index contributed by atoms with van der Waals surface area (Å²) in [6.07, 6.45) is 2.13. The fraction of sp³-hybridized carbons (Fsp3) is 0.333. The Kier molecular flexibility index (Phi) is 6.13. The molecule has 0 atom stereocenters. The van der Waals surface area contributed by atoms with Crippen molar-refractivity contribution in [1.29, 1.82) is 0 Å². The minimum atomic E-state index is 0.00376. The second-order valence-corrected chi connectivity index (χ2v) is 6.84. The molecule has 1 aliphatic rings. The molecule has 0 spiro atoms. The molecule has 1 aliphatic heterocycles. The van der Waals surface area contributed by atoms with Crippen LogP contribution in [0.25, 0.3) is 0 Å². The molecule has 0 saturated carbocycles. The first kappa shape index (κ1) is 18.0. The number of anilines is 2. The van der Waals surface area contributed by atoms with Gasteiger partial charge in [0, 0.05) is 56.1 Å². The molecule has 25 heavy (non-hydrogen) atoms. The van der Waals surface area contributed by atoms with Crippen LogP contribution in [0.2, 0.25) is 10.0 Å². The Morgan fingerprint density at radius 2 is 1.88 bits per heavy atom. The third-order valence-electron chi connectivity index (χ3n) is 4.17. The largest absolute Gasteiger partial charge is 0.354 e. The lowest BCUT2D eigenvalue weighted by atomic mass is 10.2. The fourth-order valence-corrected chi connectivity index (χ4v) is 3.11. The van der Waals surface area contributed by atoms with E-state index in [9.17, 15) is 4.79 Å². The average molecular weight is 379 g/mol. The number of benzene rings is 1. The van der Waals surface area contributed by atoms with E-state index in [0.717, 1.165) is 44.2 Å². The van der Waals surface area contributed by atoms with Crippen molar-refractivity contribution in [2.45, 2.75) is 6.42 Å². The topological polar surface area (TPSA) is 48.5 Å². The van der Waals surface area contributed by atoms with E-state index < -0.39 is 0 Å². The molecule has 2 aromatic rings. The number of carbonyl (C=O) groups excluding carboxylic acids is 1. The normalized spacial score (nSPS) is 15.2. The predicted octanol–water partition coefficient (Wildman–Crippen LogP) is 3.54. The summed E-state index contributed by atoms with van der Waals surface area (Å²) in [6, 6.07) is 11.0. The minimum absolute atomic E-state index is 0.00376. The number of nitrogens with one attached hydrogen (secondary N) is 1. The average Bonchev–Trinajstić information content (AvgIpc) is 2.61. The van der Waals surface area contributed by atoms with E-state index in [1.165, 1.54) is 0 Å². The number of amides is 1. The number of piperazine rings is 1. The van der Waals surface area contributed by atoms with E-state index in [1.54, 1.807) is 18.3 Å². The monoisotopic (exact) mass is 378 g/mol. The summed E-state index contributed by atoms with van der Waals surface area (Å²) in [4.78, 5) is 21.0. The molecule has 1 aromatic heterocycles. The van der Waals surface area contributed by atoms with Crippen LogP contribution >= 0.6 is 23.2 Å². The molecule has 1 N–H and O–H groups in total. The summed E-state index contributed by atoms with van der Waals surface area (Å²) < 4.78 is 0. The first-order chi connectivity index (χ1) is 12.1. The Bertz CT molecular complexity index is 715. The molecule has 1 saturated heterocycles. The molecule has 132 valence electrons. The lowest BCUT2D eigenvalue weighted by Crippen LogP contribution is -2.47. The molecule has 0 unspecified atom stereocenters. The molecule has 1 aromatic carbocycles. The third kappa shape index (κ3) is 5.33. The molecule has 0 aliphatic carbocycles. The highest BCUT2D eigenvalue weighted by Crippen LogP contribution is 2.17. The molecule has 7 heteroatoms. The Morgan fingerprint density at radius 1 is 1.08 bits per heavy atom. The van der Waals surface area contributed by atoms with E-state index in [1.807, 2.05) is 24.3 Å². The number of carbonyl (C=O) groups is 1. The molecule has 1 amide bonds. The predicted molar refractivity (Wildman–Crippen MR) is 103 cm³/mol. The van der Waals surface area contributed by atoms with Crippen LogP contribution in [0.1, 0.15) is 6.42 Å². The summed E-state index contributed by atoms with van der Waals surface area (Å²) in [5, 5.41) is 4.14. The van der Waals surface area contributed by atoms with Gasteiger partial charge in [0.15, 0.2) is 0 Å². The van der Waals surface area contributed by atoms with Gasteiger partial charge in [-0.15, -0.1) is 0 Å². The van der Waals surface area contributed by atoms with Crippen molar-refractivity contribution >= 4 is 40.6 Å². The van der Waals surface area contributed by atoms with Gasteiger partial charge in [0.1, 0.15) is 5.82 Å². The van der Waals surface area contributed by atoms with E-state index in [0.29, 0.717) is 16.5 Å². The zero-order valence-corrected chi connectivity index (χ0v) is 15.3. The Labute approximate surface area is 157 Å². The Hall–Kier alpha value is -1.82. The van der Waals surface area contributed by atoms with Crippen molar-refractivity contribution in [2.24, 2.45) is 0 Å². The zero-order chi connectivity index (χ0) is 17.6. The molecule has 5 nitrogen and oxygen atoms in total. The highest BCUT2D eigenvalue weighted by Gasteiger charge is 2.18. The van der Waals surface area contributed by atoms with Gasteiger partial charge < -0.3 is 10.2 Å². The number of hydrogen-bond acceptors (Lipinski definition) is 4. The third-order valence-corrected chi connectivity index (χ3v) is 4.63. The summed E-state index contributed by atoms with van der Waals surface area (Å²) in [5.74, 6) is 0.951. The summed E-state index contributed by atoms with van der Waals surface area (Å²) in [6.45, 7) is 4.35. The van der Waals surface area contributed by atoms with Crippen molar-refractivity contribution in [3.8, 4) is 0 Å². The van der Waals surface area contributed by atoms with E-state index in [2.05, 4.69) is 20.1 Å². The van der Waals surface area contributed by atoms with Crippen LogP contribution in [0, 0.1) is 0 Å². The SMILES string of the molecule is O=C(CCN1CCN(c2ccc(Cl)cn2)CC1)Nc1cccc(Cl)c1. The van der Waals surface area contributed by atoms with E-state index in [4.69, 9.17) is 23.2 Å². The summed E-state index contributed by atoms with van der Waals surface area (Å²) >= 11 is 11.8. The molecule has 3 rings (SSSR count). The van der Waals surface area contributed by atoms with Gasteiger partial charge in [-0.25, -0.2) is 4.98 Å². The molecular weight excluding hydrogens is 359 g/mol. The first-order valence-electron chi connectivity index (χ1n) is 8.24. The number of pyridine rings is 1. The smallest absolute Gasteiger partial charge is 0.225 e. The molecule has 0 radical (unpaired) electrons. The van der Waals surface area contributed by atoms with Crippen LogP contribution in [0.15, 0.2) is 42.6 Å². The second kappa shape index (κ2) is 8.52. The molecule has 2 heterocycles. The highest BCUT2D eigenvalue weighted by molar-refractivity contribution is 6.31. The van der Waals surface area contributed by atoms with Crippen molar-refractivity contribution in [3.63, 3.8) is 0 Å². The van der Waals surface area contributed by atoms with Crippen LogP contribution in [-0.4, -0.2) is 48.5 Å². The van der Waals surface area contributed by atoms with Gasteiger partial charge in [0.05, 0.1) is 5.02 Å². The van der Waals surface area contributed by atoms with E-state index >= 15 is 0 Å². The number of rotatable bonds is 5. The first-order valence-corrected chi connectivity index (χ1v) is 9.00. The van der Waals surface area contributed by atoms with Gasteiger partial charge in [-0.3, -0.25) is 9.69 Å². The van der Waals surface area contributed by atoms with Crippen molar-refractivity contribution in [2.75, 3.05) is 42.9 Å². The standard InChI is InChI=1S/C18H20Cl2N4O/c19-14-2-1-3-16(12-14)22-18(25)6-7-23-8-10-24(11-9-23)17-5-4-15(20)13-21-17/h1-5,12-13H,6-11H2,(H,22,25). The van der Waals surface area contributed by atoms with Gasteiger partial charge in [-0.1, -0.05) is 29.3 Å². The van der Waals surface area contributed by atoms with Crippen LogP contribution in [0.3, 0.4) is 0 Å². The maximum absolute atomic E-state index is 12.1. The van der Waals surface area contributed by atoms with Crippen LogP contribution in [-0.2, 0) is 4.79 Å². The Balaban J connectivity index is 1.41. The second-order valence-electron chi connectivity index (χ2n) is 5.97. The summed E-state index contributed by atoms with van der Waals surface area (Å²) in [7, 11) is 0. The fourth-order valence-electron chi connectivity index (χ4n) is 2.81. The van der Waals surface area contributed by atoms with Crippen LogP contribution in [0.5, 0.6) is 0 Å². The van der Waals surface area contributed by atoms with Gasteiger partial charge in [0.2, 0.25) is 5.91 Å². The van der Waals surface area contributed by atoms with Crippen LogP contribution in [0.4, 0.5) is 11.5 Å². The summed E-state index contributed by atoms with van der Waals surface area (Å²) in [5.41, 5.74) is 0.733. The number of aromatic nitrogens is 1. The van der Waals surface area contributed by atoms with E-state index in [-0.39, 0.29) is 5.91 Å². The van der Waals surface area contributed by atoms with Gasteiger partial charge >= 0.3 is 0 Å². The van der Waals surface area contributed by atoms with Gasteiger partial charge in [-0.05, 0) is 30.3 Å². The molecule has 1 fully saturated rings.